The Morgan fingerprint density at radius 1 is 1.18 bits per heavy atom. The first-order valence-corrected chi connectivity index (χ1v) is 9.81. The van der Waals surface area contributed by atoms with Crippen molar-refractivity contribution in [3.8, 4) is 5.75 Å². The molecule has 28 heavy (non-hydrogen) atoms. The van der Waals surface area contributed by atoms with E-state index in [0.717, 1.165) is 24.2 Å². The lowest BCUT2D eigenvalue weighted by Gasteiger charge is -2.22. The molecule has 0 bridgehead atoms. The first-order valence-electron chi connectivity index (χ1n) is 9.28. The second kappa shape index (κ2) is 12.3. The lowest BCUT2D eigenvalue weighted by molar-refractivity contribution is -0.143. The summed E-state index contributed by atoms with van der Waals surface area (Å²) >= 11 is 5.64. The zero-order valence-electron chi connectivity index (χ0n) is 17.0. The van der Waals surface area contributed by atoms with E-state index in [4.69, 9.17) is 25.8 Å². The number of ether oxygens (including phenoxy) is 3. The summed E-state index contributed by atoms with van der Waals surface area (Å²) in [6.45, 7) is 5.90. The van der Waals surface area contributed by atoms with Crippen molar-refractivity contribution in [2.45, 2.75) is 51.7 Å². The summed E-state index contributed by atoms with van der Waals surface area (Å²) in [4.78, 5) is 23.8. The van der Waals surface area contributed by atoms with Crippen molar-refractivity contribution >= 4 is 29.7 Å². The van der Waals surface area contributed by atoms with Crippen molar-refractivity contribution in [1.29, 1.82) is 0 Å². The van der Waals surface area contributed by atoms with Gasteiger partial charge in [-0.2, -0.15) is 0 Å². The zero-order chi connectivity index (χ0) is 21.0. The first kappa shape index (κ1) is 23.8. The van der Waals surface area contributed by atoms with Gasteiger partial charge in [0.25, 0.3) is 0 Å². The average Bonchev–Trinajstić information content (AvgIpc) is 2.63. The maximum absolute atomic E-state index is 11.9. The van der Waals surface area contributed by atoms with Gasteiger partial charge in [-0.15, -0.1) is 11.6 Å². The molecule has 1 aromatic carbocycles. The minimum absolute atomic E-state index is 0.280. The number of rotatable bonds is 10. The molecule has 0 aromatic heterocycles. The molecule has 0 heterocycles. The van der Waals surface area contributed by atoms with Crippen LogP contribution in [0.2, 0.25) is 0 Å². The Labute approximate surface area is 172 Å². The van der Waals surface area contributed by atoms with Crippen LogP contribution in [0.1, 0.15) is 45.6 Å². The first-order chi connectivity index (χ1) is 13.2. The fourth-order valence-corrected chi connectivity index (χ4v) is 2.40. The number of methoxy groups -OCH3 is 1. The number of alkyl halides is 1. The number of carbonyl (C=O) groups excluding carboxylic acids is 2. The highest BCUT2D eigenvalue weighted by Crippen LogP contribution is 2.14. The van der Waals surface area contributed by atoms with Crippen molar-refractivity contribution in [2.24, 2.45) is 0 Å². The fourth-order valence-electron chi connectivity index (χ4n) is 2.21. The van der Waals surface area contributed by atoms with E-state index in [1.165, 1.54) is 7.11 Å². The molecule has 1 rings (SSSR count). The molecule has 0 saturated heterocycles. The number of unbranched alkanes of at least 4 members (excludes halogenated alkanes) is 1. The quantitative estimate of drug-likeness (QED) is 0.347. The van der Waals surface area contributed by atoms with E-state index in [2.05, 4.69) is 5.32 Å². The number of alkyl carbamates (subject to hydrolysis) is 1. The van der Waals surface area contributed by atoms with Crippen LogP contribution in [-0.4, -0.2) is 43.3 Å². The second-order valence-corrected chi connectivity index (χ2v) is 7.55. The third-order valence-corrected chi connectivity index (χ3v) is 3.80. The highest BCUT2D eigenvalue weighted by atomic mass is 35.5. The summed E-state index contributed by atoms with van der Waals surface area (Å²) < 4.78 is 15.6. The molecule has 0 spiro atoms. The van der Waals surface area contributed by atoms with Gasteiger partial charge in [0.1, 0.15) is 17.4 Å². The minimum Gasteiger partial charge on any atom is -0.494 e. The Kier molecular flexibility index (Phi) is 10.5. The number of halogens is 1. The molecule has 7 heteroatoms. The Bertz CT molecular complexity index is 637. The average molecular weight is 412 g/mol. The Balaban J connectivity index is 2.57. The summed E-state index contributed by atoms with van der Waals surface area (Å²) in [5.41, 5.74) is 0.308. The van der Waals surface area contributed by atoms with E-state index in [1.807, 2.05) is 30.3 Å². The smallest absolute Gasteiger partial charge is 0.408 e. The van der Waals surface area contributed by atoms with Crippen LogP contribution in [0.25, 0.3) is 6.08 Å². The molecule has 0 aliphatic carbocycles. The molecule has 0 saturated carbocycles. The number of carbonyl (C=O) groups is 2. The monoisotopic (exact) mass is 411 g/mol. The molecular formula is C21H30ClNO5. The maximum Gasteiger partial charge on any atom is 0.408 e. The molecular weight excluding hydrogens is 382 g/mol. The van der Waals surface area contributed by atoms with Gasteiger partial charge in [-0.1, -0.05) is 24.3 Å². The molecule has 1 N–H and O–H groups in total. The largest absolute Gasteiger partial charge is 0.494 e. The van der Waals surface area contributed by atoms with Crippen LogP contribution in [0.15, 0.2) is 30.3 Å². The predicted octanol–water partition coefficient (Wildman–Crippen LogP) is 4.55. The zero-order valence-corrected chi connectivity index (χ0v) is 17.8. The van der Waals surface area contributed by atoms with E-state index in [-0.39, 0.29) is 6.42 Å². The van der Waals surface area contributed by atoms with Gasteiger partial charge in [0.2, 0.25) is 0 Å². The number of benzene rings is 1. The normalized spacial score (nSPS) is 12.5. The summed E-state index contributed by atoms with van der Waals surface area (Å²) in [5.74, 6) is 0.907. The molecule has 0 aliphatic rings. The summed E-state index contributed by atoms with van der Waals surface area (Å²) in [5, 5.41) is 2.54. The van der Waals surface area contributed by atoms with Crippen LogP contribution in [0.3, 0.4) is 0 Å². The van der Waals surface area contributed by atoms with Crippen LogP contribution < -0.4 is 10.1 Å². The Hall–Kier alpha value is -2.21. The van der Waals surface area contributed by atoms with Gasteiger partial charge in [-0.25, -0.2) is 9.59 Å². The van der Waals surface area contributed by atoms with Crippen LogP contribution in [0.5, 0.6) is 5.75 Å². The Morgan fingerprint density at radius 3 is 2.43 bits per heavy atom. The molecule has 6 nitrogen and oxygen atoms in total. The van der Waals surface area contributed by atoms with Crippen LogP contribution in [-0.2, 0) is 14.3 Å². The van der Waals surface area contributed by atoms with Crippen molar-refractivity contribution in [3.05, 3.63) is 35.9 Å². The van der Waals surface area contributed by atoms with Gasteiger partial charge in [0.05, 0.1) is 13.7 Å². The van der Waals surface area contributed by atoms with Crippen LogP contribution >= 0.6 is 11.6 Å². The number of nitrogens with one attached hydrogen (secondary N) is 1. The second-order valence-electron chi connectivity index (χ2n) is 7.17. The summed E-state index contributed by atoms with van der Waals surface area (Å²) in [7, 11) is 1.28. The standard InChI is InChI=1S/C21H30ClNO5/c1-21(2,3)28-20(25)23-18(19(24)26-4)9-7-8-16-10-12-17(13-11-16)27-15-6-5-14-22/h7-8,10-13,18H,5-6,9,14-15H2,1-4H3,(H,23,25)/b8-7-/t18-/m0/s1. The maximum atomic E-state index is 11.9. The third kappa shape index (κ3) is 10.2. The highest BCUT2D eigenvalue weighted by Gasteiger charge is 2.23. The molecule has 1 atom stereocenters. The summed E-state index contributed by atoms with van der Waals surface area (Å²) in [6, 6.07) is 6.79. The van der Waals surface area contributed by atoms with Crippen molar-refractivity contribution in [2.75, 3.05) is 19.6 Å². The van der Waals surface area contributed by atoms with E-state index >= 15 is 0 Å². The third-order valence-electron chi connectivity index (χ3n) is 3.54. The van der Waals surface area contributed by atoms with Crippen molar-refractivity contribution in [3.63, 3.8) is 0 Å². The predicted molar refractivity (Wildman–Crippen MR) is 111 cm³/mol. The van der Waals surface area contributed by atoms with Gasteiger partial charge in [-0.3, -0.25) is 0 Å². The van der Waals surface area contributed by atoms with Gasteiger partial charge in [0, 0.05) is 5.88 Å². The topological polar surface area (TPSA) is 73.9 Å². The van der Waals surface area contributed by atoms with Crippen LogP contribution in [0.4, 0.5) is 4.79 Å². The van der Waals surface area contributed by atoms with Gasteiger partial charge in [-0.05, 0) is 57.7 Å². The molecule has 1 amide bonds. The SMILES string of the molecule is COC(=O)[C@H](C/C=C\c1ccc(OCCCCCl)cc1)NC(=O)OC(C)(C)C. The van der Waals surface area contributed by atoms with Crippen LogP contribution in [0, 0.1) is 0 Å². The molecule has 0 unspecified atom stereocenters. The highest BCUT2D eigenvalue weighted by molar-refractivity contribution is 6.17. The molecule has 0 fully saturated rings. The molecule has 1 aromatic rings. The van der Waals surface area contributed by atoms with Gasteiger partial charge >= 0.3 is 12.1 Å². The molecule has 156 valence electrons. The summed E-state index contributed by atoms with van der Waals surface area (Å²) in [6.07, 6.45) is 5.14. The number of amides is 1. The van der Waals surface area contributed by atoms with E-state index in [0.29, 0.717) is 12.5 Å². The molecule has 0 aliphatic heterocycles. The van der Waals surface area contributed by atoms with Gasteiger partial charge < -0.3 is 19.5 Å². The number of hydrogen-bond acceptors (Lipinski definition) is 5. The van der Waals surface area contributed by atoms with E-state index in [9.17, 15) is 9.59 Å². The fraction of sp³-hybridized carbons (Fsp3) is 0.524. The van der Waals surface area contributed by atoms with Crippen molar-refractivity contribution in [1.82, 2.24) is 5.32 Å². The Morgan fingerprint density at radius 2 is 1.86 bits per heavy atom. The van der Waals surface area contributed by atoms with Gasteiger partial charge in [0.15, 0.2) is 0 Å². The number of hydrogen-bond donors (Lipinski definition) is 1. The lowest BCUT2D eigenvalue weighted by Crippen LogP contribution is -2.43. The number of esters is 1. The van der Waals surface area contributed by atoms with E-state index < -0.39 is 23.7 Å². The lowest BCUT2D eigenvalue weighted by atomic mass is 10.1. The van der Waals surface area contributed by atoms with E-state index in [1.54, 1.807) is 26.8 Å². The molecule has 0 radical (unpaired) electrons. The minimum atomic E-state index is -0.819. The van der Waals surface area contributed by atoms with Crippen molar-refractivity contribution < 1.29 is 23.8 Å².